The maximum absolute atomic E-state index is 12.1. The molecular formula is C11H16N6O. The number of amides is 1. The normalized spacial score (nSPS) is 10.7. The highest BCUT2D eigenvalue weighted by atomic mass is 16.1. The molecule has 2 rings (SSSR count). The number of nitrogens with two attached hydrogens (primary N) is 1. The Kier molecular flexibility index (Phi) is 3.15. The van der Waals surface area contributed by atoms with Gasteiger partial charge in [0.05, 0.1) is 11.3 Å². The molecule has 7 heteroatoms. The van der Waals surface area contributed by atoms with Crippen LogP contribution < -0.4 is 11.1 Å². The summed E-state index contributed by atoms with van der Waals surface area (Å²) in [6, 6.07) is 0. The van der Waals surface area contributed by atoms with Crippen LogP contribution in [0.3, 0.4) is 0 Å². The standard InChI is InChI=1S/C11H16N6O/c1-7-9(6-17(3)14-7)11(18)13-10-8(4-12)5-16(2)15-10/h5-6H,4,12H2,1-3H3,(H,13,15,18). The van der Waals surface area contributed by atoms with Gasteiger partial charge in [0.2, 0.25) is 0 Å². The number of hydrogen-bond donors (Lipinski definition) is 2. The summed E-state index contributed by atoms with van der Waals surface area (Å²) in [5, 5.41) is 11.0. The third-order valence-electron chi connectivity index (χ3n) is 2.61. The number of carbonyl (C=O) groups excluding carboxylic acids is 1. The van der Waals surface area contributed by atoms with Crippen LogP contribution in [0, 0.1) is 6.92 Å². The van der Waals surface area contributed by atoms with Gasteiger partial charge in [0.1, 0.15) is 0 Å². The third-order valence-corrected chi connectivity index (χ3v) is 2.61. The number of aryl methyl sites for hydroxylation is 3. The molecule has 96 valence electrons. The van der Waals surface area contributed by atoms with Crippen molar-refractivity contribution < 1.29 is 4.79 Å². The summed E-state index contributed by atoms with van der Waals surface area (Å²) in [6.07, 6.45) is 3.46. The molecule has 0 saturated carbocycles. The summed E-state index contributed by atoms with van der Waals surface area (Å²) in [4.78, 5) is 12.1. The number of nitrogens with one attached hydrogen (secondary N) is 1. The first kappa shape index (κ1) is 12.3. The molecule has 18 heavy (non-hydrogen) atoms. The van der Waals surface area contributed by atoms with Gasteiger partial charge in [0.25, 0.3) is 5.91 Å². The summed E-state index contributed by atoms with van der Waals surface area (Å²) in [5.41, 5.74) is 7.60. The van der Waals surface area contributed by atoms with Crippen molar-refractivity contribution in [1.82, 2.24) is 19.6 Å². The van der Waals surface area contributed by atoms with Gasteiger partial charge in [-0.3, -0.25) is 14.2 Å². The molecule has 2 aromatic rings. The van der Waals surface area contributed by atoms with E-state index in [9.17, 15) is 4.79 Å². The Morgan fingerprint density at radius 3 is 2.56 bits per heavy atom. The fourth-order valence-electron chi connectivity index (χ4n) is 1.79. The molecule has 2 aromatic heterocycles. The molecule has 0 fully saturated rings. The van der Waals surface area contributed by atoms with Crippen molar-refractivity contribution in [3.63, 3.8) is 0 Å². The molecule has 0 aliphatic carbocycles. The van der Waals surface area contributed by atoms with Gasteiger partial charge in [0.15, 0.2) is 5.82 Å². The van der Waals surface area contributed by atoms with Crippen molar-refractivity contribution >= 4 is 11.7 Å². The molecule has 0 spiro atoms. The Morgan fingerprint density at radius 2 is 2.00 bits per heavy atom. The largest absolute Gasteiger partial charge is 0.326 e. The molecule has 0 saturated heterocycles. The quantitative estimate of drug-likeness (QED) is 0.810. The number of carbonyl (C=O) groups is 1. The van der Waals surface area contributed by atoms with Gasteiger partial charge in [-0.15, -0.1) is 0 Å². The van der Waals surface area contributed by atoms with Gasteiger partial charge in [-0.25, -0.2) is 0 Å². The van der Waals surface area contributed by atoms with Crippen molar-refractivity contribution in [3.05, 3.63) is 29.2 Å². The van der Waals surface area contributed by atoms with Gasteiger partial charge in [-0.1, -0.05) is 0 Å². The van der Waals surface area contributed by atoms with Crippen molar-refractivity contribution in [2.45, 2.75) is 13.5 Å². The van der Waals surface area contributed by atoms with E-state index in [0.717, 1.165) is 5.56 Å². The highest BCUT2D eigenvalue weighted by molar-refractivity contribution is 6.04. The second kappa shape index (κ2) is 4.61. The zero-order chi connectivity index (χ0) is 13.3. The first-order valence-electron chi connectivity index (χ1n) is 5.55. The molecule has 0 aliphatic heterocycles. The van der Waals surface area contributed by atoms with Gasteiger partial charge in [-0.05, 0) is 6.92 Å². The summed E-state index contributed by atoms with van der Waals surface area (Å²) >= 11 is 0. The molecule has 0 unspecified atom stereocenters. The second-order valence-corrected chi connectivity index (χ2v) is 4.14. The SMILES string of the molecule is Cc1nn(C)cc1C(=O)Nc1nn(C)cc1CN. The van der Waals surface area contributed by atoms with Crippen molar-refractivity contribution in [1.29, 1.82) is 0 Å². The van der Waals surface area contributed by atoms with Crippen LogP contribution in [-0.4, -0.2) is 25.5 Å². The van der Waals surface area contributed by atoms with Crippen LogP contribution in [0.15, 0.2) is 12.4 Å². The van der Waals surface area contributed by atoms with E-state index in [-0.39, 0.29) is 5.91 Å². The third kappa shape index (κ3) is 2.25. The van der Waals surface area contributed by atoms with Crippen LogP contribution >= 0.6 is 0 Å². The van der Waals surface area contributed by atoms with Crippen molar-refractivity contribution in [3.8, 4) is 0 Å². The molecule has 0 atom stereocenters. The van der Waals surface area contributed by atoms with Crippen LogP contribution in [0.2, 0.25) is 0 Å². The molecule has 3 N–H and O–H groups in total. The molecule has 1 amide bonds. The van der Waals surface area contributed by atoms with E-state index in [1.165, 1.54) is 0 Å². The summed E-state index contributed by atoms with van der Waals surface area (Å²) in [6.45, 7) is 2.12. The van der Waals surface area contributed by atoms with E-state index in [0.29, 0.717) is 23.6 Å². The lowest BCUT2D eigenvalue weighted by Crippen LogP contribution is -2.14. The highest BCUT2D eigenvalue weighted by Gasteiger charge is 2.15. The molecule has 0 aromatic carbocycles. The van der Waals surface area contributed by atoms with Gasteiger partial charge in [0, 0.05) is 38.6 Å². The van der Waals surface area contributed by atoms with E-state index >= 15 is 0 Å². The van der Waals surface area contributed by atoms with E-state index in [4.69, 9.17) is 5.73 Å². The van der Waals surface area contributed by atoms with E-state index in [1.54, 1.807) is 42.8 Å². The molecule has 0 radical (unpaired) electrons. The first-order valence-corrected chi connectivity index (χ1v) is 5.55. The monoisotopic (exact) mass is 248 g/mol. The lowest BCUT2D eigenvalue weighted by Gasteiger charge is -2.02. The number of anilines is 1. The van der Waals surface area contributed by atoms with Crippen LogP contribution in [0.5, 0.6) is 0 Å². The predicted molar refractivity (Wildman–Crippen MR) is 67.0 cm³/mol. The highest BCUT2D eigenvalue weighted by Crippen LogP contribution is 2.14. The minimum Gasteiger partial charge on any atom is -0.326 e. The van der Waals surface area contributed by atoms with Crippen molar-refractivity contribution in [2.24, 2.45) is 19.8 Å². The summed E-state index contributed by atoms with van der Waals surface area (Å²) in [5.74, 6) is 0.266. The van der Waals surface area contributed by atoms with Gasteiger partial charge < -0.3 is 11.1 Å². The number of hydrogen-bond acceptors (Lipinski definition) is 4. The van der Waals surface area contributed by atoms with Crippen LogP contribution in [0.4, 0.5) is 5.82 Å². The van der Waals surface area contributed by atoms with Gasteiger partial charge in [-0.2, -0.15) is 10.2 Å². The van der Waals surface area contributed by atoms with E-state index in [2.05, 4.69) is 15.5 Å². The summed E-state index contributed by atoms with van der Waals surface area (Å²) in [7, 11) is 3.56. The zero-order valence-corrected chi connectivity index (χ0v) is 10.6. The summed E-state index contributed by atoms with van der Waals surface area (Å²) < 4.78 is 3.22. The molecule has 2 heterocycles. The van der Waals surface area contributed by atoms with E-state index in [1.807, 2.05) is 0 Å². The molecular weight excluding hydrogens is 232 g/mol. The molecule has 7 nitrogen and oxygen atoms in total. The fourth-order valence-corrected chi connectivity index (χ4v) is 1.79. The second-order valence-electron chi connectivity index (χ2n) is 4.14. The number of rotatable bonds is 3. The smallest absolute Gasteiger partial charge is 0.260 e. The first-order chi connectivity index (χ1) is 8.51. The number of aromatic nitrogens is 4. The minimum atomic E-state index is -0.228. The van der Waals surface area contributed by atoms with Gasteiger partial charge >= 0.3 is 0 Å². The lowest BCUT2D eigenvalue weighted by molar-refractivity contribution is 0.102. The minimum absolute atomic E-state index is 0.228. The van der Waals surface area contributed by atoms with Crippen molar-refractivity contribution in [2.75, 3.05) is 5.32 Å². The topological polar surface area (TPSA) is 90.8 Å². The fraction of sp³-hybridized carbons (Fsp3) is 0.364. The average Bonchev–Trinajstić information content (AvgIpc) is 2.81. The van der Waals surface area contributed by atoms with Crippen LogP contribution in [-0.2, 0) is 20.6 Å². The average molecular weight is 248 g/mol. The zero-order valence-electron chi connectivity index (χ0n) is 10.6. The Hall–Kier alpha value is -2.15. The Labute approximate surface area is 105 Å². The Bertz CT molecular complexity index is 582. The Morgan fingerprint density at radius 1 is 1.33 bits per heavy atom. The lowest BCUT2D eigenvalue weighted by atomic mass is 10.2. The predicted octanol–water partition coefficient (Wildman–Crippen LogP) is 0.173. The van der Waals surface area contributed by atoms with Crippen LogP contribution in [0.25, 0.3) is 0 Å². The van der Waals surface area contributed by atoms with E-state index < -0.39 is 0 Å². The maximum Gasteiger partial charge on any atom is 0.260 e. The number of nitrogens with zero attached hydrogens (tertiary/aromatic N) is 4. The molecule has 0 aliphatic rings. The maximum atomic E-state index is 12.1. The Balaban J connectivity index is 2.23. The van der Waals surface area contributed by atoms with Crippen LogP contribution in [0.1, 0.15) is 21.6 Å². The molecule has 0 bridgehead atoms.